The van der Waals surface area contributed by atoms with Gasteiger partial charge in [0.25, 0.3) is 0 Å². The number of phenols is 2. The number of halogens is 2. The smallest absolute Gasteiger partial charge is 0.201 e. The number of phenolic OH excluding ortho intramolecular Hbond substituents is 2. The molecule has 0 saturated carbocycles. The number of methoxy groups -OCH3 is 2. The van der Waals surface area contributed by atoms with Crippen molar-refractivity contribution in [2.24, 2.45) is 0 Å². The van der Waals surface area contributed by atoms with E-state index < -0.39 is 0 Å². The Labute approximate surface area is 138 Å². The number of aromatic hydroxyl groups is 2. The van der Waals surface area contributed by atoms with E-state index in [1.165, 1.54) is 14.2 Å². The van der Waals surface area contributed by atoms with E-state index in [0.717, 1.165) is 5.56 Å². The molecule has 0 aliphatic carbocycles. The van der Waals surface area contributed by atoms with Gasteiger partial charge in [-0.3, -0.25) is 0 Å². The SMILES string of the molecule is COc1ccc(/C=C\c2cc(Cl)c(OC)c(Cl)c2)c(O)c1O. The lowest BCUT2D eigenvalue weighted by Crippen LogP contribution is -1.87. The lowest BCUT2D eigenvalue weighted by Gasteiger charge is -2.08. The summed E-state index contributed by atoms with van der Waals surface area (Å²) in [5, 5.41) is 20.5. The van der Waals surface area contributed by atoms with Crippen molar-refractivity contribution in [3.05, 3.63) is 45.4 Å². The summed E-state index contributed by atoms with van der Waals surface area (Å²) in [6.45, 7) is 0. The topological polar surface area (TPSA) is 58.9 Å². The van der Waals surface area contributed by atoms with Crippen molar-refractivity contribution in [3.8, 4) is 23.0 Å². The van der Waals surface area contributed by atoms with Crippen molar-refractivity contribution in [1.29, 1.82) is 0 Å². The van der Waals surface area contributed by atoms with Crippen LogP contribution in [0.5, 0.6) is 23.0 Å². The molecular weight excluding hydrogens is 327 g/mol. The second kappa shape index (κ2) is 6.81. The Bertz CT molecular complexity index is 703. The highest BCUT2D eigenvalue weighted by molar-refractivity contribution is 6.37. The summed E-state index contributed by atoms with van der Waals surface area (Å²) >= 11 is 12.1. The van der Waals surface area contributed by atoms with Crippen molar-refractivity contribution in [2.75, 3.05) is 14.2 Å². The maximum atomic E-state index is 9.93. The average molecular weight is 341 g/mol. The van der Waals surface area contributed by atoms with Gasteiger partial charge in [-0.2, -0.15) is 0 Å². The largest absolute Gasteiger partial charge is 0.504 e. The normalized spacial score (nSPS) is 10.9. The minimum atomic E-state index is -0.310. The molecule has 0 spiro atoms. The molecule has 0 aliphatic heterocycles. The highest BCUT2D eigenvalue weighted by Crippen LogP contribution is 2.39. The van der Waals surface area contributed by atoms with Crippen LogP contribution in [0, 0.1) is 0 Å². The molecule has 0 aliphatic rings. The molecule has 22 heavy (non-hydrogen) atoms. The van der Waals surface area contributed by atoms with Gasteiger partial charge >= 0.3 is 0 Å². The Morgan fingerprint density at radius 2 is 1.55 bits per heavy atom. The third kappa shape index (κ3) is 3.24. The van der Waals surface area contributed by atoms with Gasteiger partial charge in [0.15, 0.2) is 17.2 Å². The first-order valence-corrected chi connectivity index (χ1v) is 7.03. The molecule has 6 heteroatoms. The summed E-state index contributed by atoms with van der Waals surface area (Å²) < 4.78 is 10.00. The van der Waals surface area contributed by atoms with Gasteiger partial charge in [-0.25, -0.2) is 0 Å². The summed E-state index contributed by atoms with van der Waals surface area (Å²) in [6, 6.07) is 6.55. The van der Waals surface area contributed by atoms with Crippen LogP contribution in [0.3, 0.4) is 0 Å². The van der Waals surface area contributed by atoms with E-state index in [9.17, 15) is 10.2 Å². The molecule has 2 aromatic carbocycles. The van der Waals surface area contributed by atoms with Crippen LogP contribution in [0.15, 0.2) is 24.3 Å². The standard InChI is InChI=1S/C16H14Cl2O4/c1-21-13-6-5-10(14(19)15(13)20)4-3-9-7-11(17)16(22-2)12(18)8-9/h3-8,19-20H,1-2H3/b4-3-. The molecule has 0 fully saturated rings. The van der Waals surface area contributed by atoms with E-state index >= 15 is 0 Å². The average Bonchev–Trinajstić information content (AvgIpc) is 2.48. The van der Waals surface area contributed by atoms with Crippen LogP contribution < -0.4 is 9.47 Å². The van der Waals surface area contributed by atoms with E-state index in [1.807, 2.05) is 0 Å². The van der Waals surface area contributed by atoms with Crippen LogP contribution in [-0.4, -0.2) is 24.4 Å². The molecule has 0 unspecified atom stereocenters. The van der Waals surface area contributed by atoms with Crippen molar-refractivity contribution in [3.63, 3.8) is 0 Å². The molecule has 0 bridgehead atoms. The van der Waals surface area contributed by atoms with Gasteiger partial charge in [0.05, 0.1) is 24.3 Å². The lowest BCUT2D eigenvalue weighted by molar-refractivity contribution is 0.350. The first kappa shape index (κ1) is 16.3. The minimum absolute atomic E-state index is 0.199. The zero-order valence-electron chi connectivity index (χ0n) is 11.9. The van der Waals surface area contributed by atoms with Crippen molar-refractivity contribution in [2.45, 2.75) is 0 Å². The van der Waals surface area contributed by atoms with Crippen LogP contribution in [0.2, 0.25) is 10.0 Å². The van der Waals surface area contributed by atoms with Crippen LogP contribution >= 0.6 is 23.2 Å². The monoisotopic (exact) mass is 340 g/mol. The lowest BCUT2D eigenvalue weighted by atomic mass is 10.1. The highest BCUT2D eigenvalue weighted by atomic mass is 35.5. The first-order chi connectivity index (χ1) is 10.5. The van der Waals surface area contributed by atoms with Gasteiger partial charge < -0.3 is 19.7 Å². The zero-order valence-corrected chi connectivity index (χ0v) is 13.4. The molecule has 2 aromatic rings. The van der Waals surface area contributed by atoms with Crippen molar-refractivity contribution >= 4 is 35.4 Å². The molecule has 0 atom stereocenters. The number of rotatable bonds is 4. The fourth-order valence-electron chi connectivity index (χ4n) is 1.93. The summed E-state index contributed by atoms with van der Waals surface area (Å²) in [6.07, 6.45) is 3.33. The Morgan fingerprint density at radius 3 is 2.09 bits per heavy atom. The molecule has 2 rings (SSSR count). The summed E-state index contributed by atoms with van der Waals surface area (Å²) in [5.41, 5.74) is 1.16. The van der Waals surface area contributed by atoms with E-state index in [1.54, 1.807) is 36.4 Å². The summed E-state index contributed by atoms with van der Waals surface area (Å²) in [5.74, 6) is 0.0346. The van der Waals surface area contributed by atoms with Gasteiger partial charge in [-0.15, -0.1) is 0 Å². The third-order valence-corrected chi connectivity index (χ3v) is 3.61. The number of hydrogen-bond donors (Lipinski definition) is 2. The number of ether oxygens (including phenoxy) is 2. The molecular formula is C16H14Cl2O4. The Morgan fingerprint density at radius 1 is 0.909 bits per heavy atom. The maximum absolute atomic E-state index is 9.93. The zero-order chi connectivity index (χ0) is 16.3. The van der Waals surface area contributed by atoms with Crippen LogP contribution in [0.4, 0.5) is 0 Å². The summed E-state index contributed by atoms with van der Waals surface area (Å²) in [4.78, 5) is 0. The van der Waals surface area contributed by atoms with Gasteiger partial charge in [-0.1, -0.05) is 35.4 Å². The van der Waals surface area contributed by atoms with Crippen LogP contribution in [-0.2, 0) is 0 Å². The molecule has 0 aromatic heterocycles. The number of hydrogen-bond acceptors (Lipinski definition) is 4. The first-order valence-electron chi connectivity index (χ1n) is 6.28. The molecule has 116 valence electrons. The third-order valence-electron chi connectivity index (χ3n) is 3.05. The van der Waals surface area contributed by atoms with Crippen LogP contribution in [0.25, 0.3) is 12.2 Å². The highest BCUT2D eigenvalue weighted by Gasteiger charge is 2.11. The quantitative estimate of drug-likeness (QED) is 0.631. The van der Waals surface area contributed by atoms with Gasteiger partial charge in [0.2, 0.25) is 5.75 Å². The van der Waals surface area contributed by atoms with Gasteiger partial charge in [-0.05, 0) is 29.8 Å². The minimum Gasteiger partial charge on any atom is -0.504 e. The van der Waals surface area contributed by atoms with Gasteiger partial charge in [0, 0.05) is 5.56 Å². The van der Waals surface area contributed by atoms with E-state index in [2.05, 4.69) is 0 Å². The second-order valence-electron chi connectivity index (χ2n) is 4.41. The Balaban J connectivity index is 2.35. The predicted molar refractivity (Wildman–Crippen MR) is 88.3 cm³/mol. The maximum Gasteiger partial charge on any atom is 0.201 e. The second-order valence-corrected chi connectivity index (χ2v) is 5.22. The molecule has 0 heterocycles. The molecule has 2 N–H and O–H groups in total. The van der Waals surface area contributed by atoms with E-state index in [0.29, 0.717) is 21.4 Å². The fraction of sp³-hybridized carbons (Fsp3) is 0.125. The summed E-state index contributed by atoms with van der Waals surface area (Å²) in [7, 11) is 2.89. The van der Waals surface area contributed by atoms with Crippen molar-refractivity contribution in [1.82, 2.24) is 0 Å². The fourth-order valence-corrected chi connectivity index (χ4v) is 2.59. The van der Waals surface area contributed by atoms with E-state index in [4.69, 9.17) is 32.7 Å². The Hall–Kier alpha value is -2.04. The van der Waals surface area contributed by atoms with Crippen molar-refractivity contribution < 1.29 is 19.7 Å². The molecule has 0 radical (unpaired) electrons. The van der Waals surface area contributed by atoms with Crippen LogP contribution in [0.1, 0.15) is 11.1 Å². The molecule has 0 amide bonds. The Kier molecular flexibility index (Phi) is 5.06. The molecule has 0 saturated heterocycles. The van der Waals surface area contributed by atoms with E-state index in [-0.39, 0.29) is 17.2 Å². The number of benzene rings is 2. The molecule has 4 nitrogen and oxygen atoms in total. The van der Waals surface area contributed by atoms with Gasteiger partial charge in [0.1, 0.15) is 0 Å². The predicted octanol–water partition coefficient (Wildman–Crippen LogP) is 4.59.